The number of hydrogen-bond donors (Lipinski definition) is 3. The first-order valence-corrected chi connectivity index (χ1v) is 13.1. The summed E-state index contributed by atoms with van der Waals surface area (Å²) < 4.78 is 15.0. The van der Waals surface area contributed by atoms with E-state index in [1.54, 1.807) is 24.3 Å². The van der Waals surface area contributed by atoms with E-state index in [2.05, 4.69) is 5.32 Å². The highest BCUT2D eigenvalue weighted by Crippen LogP contribution is 2.40. The third-order valence-corrected chi connectivity index (χ3v) is 7.81. The van der Waals surface area contributed by atoms with E-state index < -0.39 is 42.1 Å². The molecule has 0 saturated carbocycles. The second kappa shape index (κ2) is 12.0. The number of alkyl carbamates (subject to hydrolysis) is 2. The summed E-state index contributed by atoms with van der Waals surface area (Å²) in [7, 11) is 1.52. The molecule has 2 aromatic rings. The molecule has 2 aliphatic rings. The van der Waals surface area contributed by atoms with Crippen LogP contribution < -0.4 is 15.4 Å². The molecular formula is C24H23N3O9S2. The Bertz CT molecular complexity index is 1260. The molecule has 1 aromatic heterocycles. The van der Waals surface area contributed by atoms with E-state index in [-0.39, 0.29) is 36.0 Å². The topological polar surface area (TPSA) is 161 Å². The molecule has 3 N–H and O–H groups in total. The predicted octanol–water partition coefficient (Wildman–Crippen LogP) is 2.10. The maximum atomic E-state index is 12.7. The van der Waals surface area contributed by atoms with Crippen LogP contribution in [0, 0.1) is 0 Å². The van der Waals surface area contributed by atoms with E-state index in [0.717, 1.165) is 9.78 Å². The fourth-order valence-electron chi connectivity index (χ4n) is 3.77. The second-order valence-electron chi connectivity index (χ2n) is 8.09. The molecule has 0 bridgehead atoms. The lowest BCUT2D eigenvalue weighted by Crippen LogP contribution is -2.70. The Labute approximate surface area is 224 Å². The van der Waals surface area contributed by atoms with E-state index >= 15 is 0 Å². The number of nitrogens with zero attached hydrogens (tertiary/aromatic N) is 1. The molecule has 3 heterocycles. The van der Waals surface area contributed by atoms with E-state index in [4.69, 9.17) is 14.2 Å². The molecule has 14 heteroatoms. The Kier molecular flexibility index (Phi) is 8.53. The fraction of sp³-hybridized carbons (Fsp3) is 0.292. The number of carboxylic acid groups (broad SMARTS) is 1. The maximum Gasteiger partial charge on any atom is 0.416 e. The zero-order chi connectivity index (χ0) is 27.2. The molecule has 2 aliphatic heterocycles. The SMILES string of the molecule is COc1ccc(COC(=O)NC(=O)OCC2=C(C(=O)O)N3C(=O)C(NC(=O)Cc4cccs4)[C@@H]3SC2)cc1. The molecule has 1 saturated heterocycles. The van der Waals surface area contributed by atoms with Crippen LogP contribution in [0.3, 0.4) is 0 Å². The molecule has 1 unspecified atom stereocenters. The van der Waals surface area contributed by atoms with Gasteiger partial charge in [-0.2, -0.15) is 0 Å². The van der Waals surface area contributed by atoms with Crippen molar-refractivity contribution in [2.45, 2.75) is 24.4 Å². The highest BCUT2D eigenvalue weighted by Gasteiger charge is 2.54. The van der Waals surface area contributed by atoms with Gasteiger partial charge in [0.15, 0.2) is 0 Å². The molecule has 1 fully saturated rings. The standard InChI is InChI=1S/C24H23N3O9S2/c1-34-15-6-4-13(5-7-15)10-35-23(32)26-24(33)36-11-14-12-38-21-18(20(29)27(21)19(14)22(30)31)25-17(28)9-16-3-2-8-37-16/h2-8,18,21H,9-12H2,1H3,(H,25,28)(H,30,31)(H,26,32,33)/t18?,21-/m0/s1. The number of methoxy groups -OCH3 is 1. The van der Waals surface area contributed by atoms with Crippen LogP contribution in [0.4, 0.5) is 9.59 Å². The fourth-order valence-corrected chi connectivity index (χ4v) is 5.80. The van der Waals surface area contributed by atoms with Crippen molar-refractivity contribution in [3.8, 4) is 5.75 Å². The molecule has 2 atom stereocenters. The number of amides is 4. The first-order chi connectivity index (χ1) is 18.3. The molecule has 1 aromatic carbocycles. The number of nitrogens with one attached hydrogen (secondary N) is 2. The molecule has 0 aliphatic carbocycles. The Hall–Kier alpha value is -4.04. The van der Waals surface area contributed by atoms with Crippen LogP contribution in [0.2, 0.25) is 0 Å². The lowest BCUT2D eigenvalue weighted by atomic mass is 10.0. The van der Waals surface area contributed by atoms with Gasteiger partial charge in [0.05, 0.1) is 13.5 Å². The first-order valence-electron chi connectivity index (χ1n) is 11.2. The normalized spacial score (nSPS) is 18.1. The Morgan fingerprint density at radius 1 is 1.08 bits per heavy atom. The van der Waals surface area contributed by atoms with Crippen LogP contribution >= 0.6 is 23.1 Å². The Morgan fingerprint density at radius 2 is 1.79 bits per heavy atom. The summed E-state index contributed by atoms with van der Waals surface area (Å²) in [6.07, 6.45) is -2.06. The van der Waals surface area contributed by atoms with Crippen LogP contribution in [-0.2, 0) is 36.9 Å². The summed E-state index contributed by atoms with van der Waals surface area (Å²) in [5.41, 5.74) is 0.536. The van der Waals surface area contributed by atoms with Crippen molar-refractivity contribution >= 4 is 53.1 Å². The number of carbonyl (C=O) groups excluding carboxylic acids is 4. The third-order valence-electron chi connectivity index (χ3n) is 5.59. The summed E-state index contributed by atoms with van der Waals surface area (Å²) in [6.45, 7) is -0.560. The summed E-state index contributed by atoms with van der Waals surface area (Å²) in [5.74, 6) is -1.49. The van der Waals surface area contributed by atoms with Crippen LogP contribution in [0.15, 0.2) is 53.0 Å². The molecule has 4 rings (SSSR count). The minimum absolute atomic E-state index is 0.0996. The van der Waals surface area contributed by atoms with Crippen molar-refractivity contribution in [1.29, 1.82) is 0 Å². The lowest BCUT2D eigenvalue weighted by Gasteiger charge is -2.49. The van der Waals surface area contributed by atoms with Crippen LogP contribution in [-0.4, -0.2) is 70.9 Å². The van der Waals surface area contributed by atoms with Gasteiger partial charge in [-0.1, -0.05) is 18.2 Å². The maximum absolute atomic E-state index is 12.7. The van der Waals surface area contributed by atoms with Gasteiger partial charge in [0, 0.05) is 16.2 Å². The number of imide groups is 1. The number of carbonyl (C=O) groups is 5. The van der Waals surface area contributed by atoms with Gasteiger partial charge in [-0.15, -0.1) is 23.1 Å². The quantitative estimate of drug-likeness (QED) is 0.387. The lowest BCUT2D eigenvalue weighted by molar-refractivity contribution is -0.150. The van der Waals surface area contributed by atoms with Crippen molar-refractivity contribution in [3.63, 3.8) is 0 Å². The van der Waals surface area contributed by atoms with Crippen molar-refractivity contribution in [3.05, 3.63) is 63.5 Å². The number of rotatable bonds is 9. The number of fused-ring (bicyclic) bond motifs is 1. The summed E-state index contributed by atoms with van der Waals surface area (Å²) >= 11 is 2.66. The number of thiophene rings is 1. The molecule has 200 valence electrons. The average molecular weight is 562 g/mol. The number of ether oxygens (including phenoxy) is 3. The van der Waals surface area contributed by atoms with Crippen LogP contribution in [0.1, 0.15) is 10.4 Å². The minimum atomic E-state index is -1.37. The van der Waals surface area contributed by atoms with Gasteiger partial charge >= 0.3 is 18.2 Å². The van der Waals surface area contributed by atoms with Gasteiger partial charge in [0.2, 0.25) is 5.91 Å². The van der Waals surface area contributed by atoms with Crippen molar-refractivity contribution < 1.29 is 43.3 Å². The van der Waals surface area contributed by atoms with Crippen molar-refractivity contribution in [2.24, 2.45) is 0 Å². The second-order valence-corrected chi connectivity index (χ2v) is 10.2. The summed E-state index contributed by atoms with van der Waals surface area (Å²) in [4.78, 5) is 62.8. The first kappa shape index (κ1) is 27.0. The van der Waals surface area contributed by atoms with E-state index in [1.165, 1.54) is 30.2 Å². The molecule has 0 spiro atoms. The Morgan fingerprint density at radius 3 is 2.42 bits per heavy atom. The van der Waals surface area contributed by atoms with Gasteiger partial charge in [-0.3, -0.25) is 14.5 Å². The van der Waals surface area contributed by atoms with Crippen LogP contribution in [0.5, 0.6) is 5.75 Å². The smallest absolute Gasteiger partial charge is 0.416 e. The van der Waals surface area contributed by atoms with Gasteiger partial charge in [0.1, 0.15) is 36.1 Å². The van der Waals surface area contributed by atoms with Crippen LogP contribution in [0.25, 0.3) is 0 Å². The van der Waals surface area contributed by atoms with Crippen molar-refractivity contribution in [2.75, 3.05) is 19.5 Å². The van der Waals surface area contributed by atoms with E-state index in [9.17, 15) is 29.1 Å². The number of aliphatic carboxylic acids is 1. The number of β-lactam (4-membered cyclic amide) rings is 1. The highest BCUT2D eigenvalue weighted by molar-refractivity contribution is 8.00. The number of carboxylic acids is 1. The monoisotopic (exact) mass is 561 g/mol. The number of hydrogen-bond acceptors (Lipinski definition) is 10. The van der Waals surface area contributed by atoms with Gasteiger partial charge in [-0.25, -0.2) is 19.7 Å². The number of thioether (sulfide) groups is 1. The molecule has 4 amide bonds. The molecule has 12 nitrogen and oxygen atoms in total. The zero-order valence-electron chi connectivity index (χ0n) is 20.0. The average Bonchev–Trinajstić information content (AvgIpc) is 3.41. The summed E-state index contributed by atoms with van der Waals surface area (Å²) in [5, 5.41) is 15.5. The summed E-state index contributed by atoms with van der Waals surface area (Å²) in [6, 6.07) is 9.53. The van der Waals surface area contributed by atoms with Crippen molar-refractivity contribution in [1.82, 2.24) is 15.5 Å². The molecular weight excluding hydrogens is 538 g/mol. The largest absolute Gasteiger partial charge is 0.497 e. The third kappa shape index (κ3) is 6.26. The van der Waals surface area contributed by atoms with Gasteiger partial charge in [0.25, 0.3) is 5.91 Å². The predicted molar refractivity (Wildman–Crippen MR) is 135 cm³/mol. The van der Waals surface area contributed by atoms with E-state index in [0.29, 0.717) is 11.3 Å². The Balaban J connectivity index is 1.28. The highest BCUT2D eigenvalue weighted by atomic mass is 32.2. The van der Waals surface area contributed by atoms with Gasteiger partial charge in [-0.05, 0) is 29.1 Å². The van der Waals surface area contributed by atoms with E-state index in [1.807, 2.05) is 22.8 Å². The zero-order valence-corrected chi connectivity index (χ0v) is 21.6. The number of benzene rings is 1. The van der Waals surface area contributed by atoms with Gasteiger partial charge < -0.3 is 24.6 Å². The molecule has 0 radical (unpaired) electrons. The molecule has 38 heavy (non-hydrogen) atoms. The minimum Gasteiger partial charge on any atom is -0.497 e.